The molecule has 0 amide bonds. The summed E-state index contributed by atoms with van der Waals surface area (Å²) in [4.78, 5) is 0. The zero-order valence-corrected chi connectivity index (χ0v) is 19.6. The van der Waals surface area contributed by atoms with Crippen LogP contribution in [0.2, 0.25) is 0 Å². The van der Waals surface area contributed by atoms with Gasteiger partial charge in [-0.15, -0.1) is 0 Å². The highest BCUT2D eigenvalue weighted by molar-refractivity contribution is 4.94. The third-order valence-electron chi connectivity index (χ3n) is 5.95. The molecule has 4 unspecified atom stereocenters. The van der Waals surface area contributed by atoms with Crippen molar-refractivity contribution in [2.75, 3.05) is 19.8 Å². The number of hydrogen-bond acceptors (Lipinski definition) is 6. The summed E-state index contributed by atoms with van der Waals surface area (Å²) in [5, 5.41) is 50.4. The summed E-state index contributed by atoms with van der Waals surface area (Å²) in [6, 6.07) is 0. The molecule has 0 heterocycles. The second kappa shape index (κ2) is 19.4. The molecule has 30 heavy (non-hydrogen) atoms. The van der Waals surface area contributed by atoms with Crippen LogP contribution in [-0.4, -0.2) is 69.3 Å². The smallest absolute Gasteiger partial charge is 0.117 e. The Balaban J connectivity index is 4.57. The van der Waals surface area contributed by atoms with Gasteiger partial charge in [0.1, 0.15) is 23.9 Å². The highest BCUT2D eigenvalue weighted by Crippen LogP contribution is 2.26. The molecule has 0 aliphatic heterocycles. The molecule has 0 aromatic carbocycles. The van der Waals surface area contributed by atoms with Crippen LogP contribution in [0, 0.1) is 0 Å². The molecule has 5 N–H and O–H groups in total. The van der Waals surface area contributed by atoms with Gasteiger partial charge in [0.05, 0.1) is 13.2 Å². The third kappa shape index (κ3) is 13.2. The van der Waals surface area contributed by atoms with E-state index in [1.54, 1.807) is 0 Å². The Hall–Kier alpha value is -0.240. The van der Waals surface area contributed by atoms with Crippen molar-refractivity contribution in [2.24, 2.45) is 0 Å². The lowest BCUT2D eigenvalue weighted by atomic mass is 9.85. The lowest BCUT2D eigenvalue weighted by molar-refractivity contribution is -0.196. The summed E-state index contributed by atoms with van der Waals surface area (Å²) >= 11 is 0. The quantitative estimate of drug-likeness (QED) is 0.166. The molecule has 182 valence electrons. The van der Waals surface area contributed by atoms with Crippen molar-refractivity contribution < 1.29 is 30.3 Å². The first-order valence-electron chi connectivity index (χ1n) is 12.4. The molecule has 0 radical (unpaired) electrons. The van der Waals surface area contributed by atoms with Gasteiger partial charge in [-0.1, -0.05) is 97.3 Å². The van der Waals surface area contributed by atoms with Crippen molar-refractivity contribution in [3.63, 3.8) is 0 Å². The molecule has 0 aliphatic rings. The van der Waals surface area contributed by atoms with Gasteiger partial charge in [-0.2, -0.15) is 0 Å². The van der Waals surface area contributed by atoms with E-state index in [0.29, 0.717) is 13.0 Å². The van der Waals surface area contributed by atoms with Crippen molar-refractivity contribution in [2.45, 2.75) is 134 Å². The Morgan fingerprint density at radius 1 is 0.700 bits per heavy atom. The van der Waals surface area contributed by atoms with Crippen molar-refractivity contribution >= 4 is 0 Å². The molecular weight excluding hydrogens is 384 g/mol. The number of ether oxygens (including phenoxy) is 1. The predicted molar refractivity (Wildman–Crippen MR) is 121 cm³/mol. The lowest BCUT2D eigenvalue weighted by Crippen LogP contribution is -2.57. The number of hydrogen-bond donors (Lipinski definition) is 5. The minimum absolute atomic E-state index is 0.286. The van der Waals surface area contributed by atoms with Crippen LogP contribution in [0.4, 0.5) is 0 Å². The second-order valence-electron chi connectivity index (χ2n) is 8.79. The molecule has 0 aromatic rings. The fourth-order valence-electron chi connectivity index (χ4n) is 3.85. The van der Waals surface area contributed by atoms with Gasteiger partial charge in [0, 0.05) is 6.61 Å². The first-order valence-corrected chi connectivity index (χ1v) is 12.4. The summed E-state index contributed by atoms with van der Waals surface area (Å²) in [5.74, 6) is 0. The molecule has 0 spiro atoms. The monoisotopic (exact) mass is 434 g/mol. The molecule has 0 aliphatic carbocycles. The Morgan fingerprint density at radius 3 is 1.63 bits per heavy atom. The standard InChI is InChI=1S/C24H50O6/c1-3-5-7-9-11-13-15-17-24(29,20-26)23(22(28)21(27)19-25)30-18-16-14-12-10-8-6-4-2/h21-23,25-29H,3-20H2,1-2H3. The van der Waals surface area contributed by atoms with Crippen LogP contribution in [0.5, 0.6) is 0 Å². The van der Waals surface area contributed by atoms with E-state index in [9.17, 15) is 25.5 Å². The van der Waals surface area contributed by atoms with E-state index >= 15 is 0 Å². The van der Waals surface area contributed by atoms with Crippen LogP contribution in [0.15, 0.2) is 0 Å². The Bertz CT molecular complexity index is 368. The van der Waals surface area contributed by atoms with Crippen molar-refractivity contribution in [1.29, 1.82) is 0 Å². The minimum atomic E-state index is -1.64. The predicted octanol–water partition coefficient (Wildman–Crippen LogP) is 3.70. The van der Waals surface area contributed by atoms with Gasteiger partial charge >= 0.3 is 0 Å². The van der Waals surface area contributed by atoms with Gasteiger partial charge in [-0.3, -0.25) is 0 Å². The second-order valence-corrected chi connectivity index (χ2v) is 8.79. The third-order valence-corrected chi connectivity index (χ3v) is 5.95. The Morgan fingerprint density at radius 2 is 1.17 bits per heavy atom. The summed E-state index contributed by atoms with van der Waals surface area (Å²) < 4.78 is 5.79. The van der Waals surface area contributed by atoms with E-state index in [0.717, 1.165) is 38.5 Å². The summed E-state index contributed by atoms with van der Waals surface area (Å²) in [7, 11) is 0. The minimum Gasteiger partial charge on any atom is -0.394 e. The van der Waals surface area contributed by atoms with Gasteiger partial charge in [0.25, 0.3) is 0 Å². The van der Waals surface area contributed by atoms with Crippen LogP contribution in [-0.2, 0) is 4.74 Å². The number of rotatable bonds is 22. The normalized spacial score (nSPS) is 16.9. The summed E-state index contributed by atoms with van der Waals surface area (Å²) in [6.45, 7) is 3.53. The van der Waals surface area contributed by atoms with Crippen LogP contribution in [0.3, 0.4) is 0 Å². The molecular formula is C24H50O6. The highest BCUT2D eigenvalue weighted by Gasteiger charge is 2.43. The molecule has 0 saturated heterocycles. The number of aliphatic hydroxyl groups is 5. The maximum Gasteiger partial charge on any atom is 0.117 e. The molecule has 0 saturated carbocycles. The van der Waals surface area contributed by atoms with Crippen molar-refractivity contribution in [3.8, 4) is 0 Å². The van der Waals surface area contributed by atoms with E-state index in [2.05, 4.69) is 13.8 Å². The van der Waals surface area contributed by atoms with E-state index in [4.69, 9.17) is 4.74 Å². The maximum atomic E-state index is 11.0. The van der Waals surface area contributed by atoms with Gasteiger partial charge in [-0.05, 0) is 12.8 Å². The summed E-state index contributed by atoms with van der Waals surface area (Å²) in [5.41, 5.74) is -1.64. The largest absolute Gasteiger partial charge is 0.394 e. The molecule has 4 atom stereocenters. The van der Waals surface area contributed by atoms with Crippen LogP contribution in [0.25, 0.3) is 0 Å². The lowest BCUT2D eigenvalue weighted by Gasteiger charge is -2.38. The van der Waals surface area contributed by atoms with Gasteiger partial charge in [-0.25, -0.2) is 0 Å². The van der Waals surface area contributed by atoms with Crippen LogP contribution in [0.1, 0.15) is 110 Å². The topological polar surface area (TPSA) is 110 Å². The molecule has 0 fully saturated rings. The maximum absolute atomic E-state index is 11.0. The fourth-order valence-corrected chi connectivity index (χ4v) is 3.85. The first-order chi connectivity index (χ1) is 14.5. The molecule has 0 aromatic heterocycles. The molecule has 6 heteroatoms. The van der Waals surface area contributed by atoms with Gasteiger partial charge in [0.2, 0.25) is 0 Å². The SMILES string of the molecule is CCCCCCCCCOC(C(O)C(O)CO)C(O)(CO)CCCCCCCCC. The van der Waals surface area contributed by atoms with Gasteiger partial charge in [0.15, 0.2) is 0 Å². The van der Waals surface area contributed by atoms with E-state index in [1.165, 1.54) is 44.9 Å². The van der Waals surface area contributed by atoms with Crippen molar-refractivity contribution in [1.82, 2.24) is 0 Å². The molecule has 0 bridgehead atoms. The van der Waals surface area contributed by atoms with Crippen LogP contribution >= 0.6 is 0 Å². The first kappa shape index (κ1) is 29.8. The van der Waals surface area contributed by atoms with Gasteiger partial charge < -0.3 is 30.3 Å². The van der Waals surface area contributed by atoms with E-state index in [1.807, 2.05) is 0 Å². The fraction of sp³-hybridized carbons (Fsp3) is 1.00. The zero-order valence-electron chi connectivity index (χ0n) is 19.6. The Kier molecular flexibility index (Phi) is 19.3. The Labute approximate surface area is 184 Å². The molecule has 6 nitrogen and oxygen atoms in total. The summed E-state index contributed by atoms with van der Waals surface area (Å²) in [6.07, 6.45) is 11.6. The number of aliphatic hydroxyl groups excluding tert-OH is 4. The molecule has 0 rings (SSSR count). The highest BCUT2D eigenvalue weighted by atomic mass is 16.5. The van der Waals surface area contributed by atoms with Crippen molar-refractivity contribution in [3.05, 3.63) is 0 Å². The van der Waals surface area contributed by atoms with E-state index < -0.39 is 37.1 Å². The van der Waals surface area contributed by atoms with Crippen LogP contribution < -0.4 is 0 Å². The number of unbranched alkanes of at least 4 members (excludes halogenated alkanes) is 12. The average molecular weight is 435 g/mol. The van der Waals surface area contributed by atoms with E-state index in [-0.39, 0.29) is 6.42 Å². The zero-order chi connectivity index (χ0) is 22.7. The average Bonchev–Trinajstić information content (AvgIpc) is 2.76.